The zero-order valence-corrected chi connectivity index (χ0v) is 12.9. The molecule has 0 saturated carbocycles. The number of hydrazine groups is 1. The molecule has 2 atom stereocenters. The van der Waals surface area contributed by atoms with Crippen molar-refractivity contribution >= 4 is 11.7 Å². The molecular formula is C15H20N6O. The Morgan fingerprint density at radius 2 is 2.18 bits per heavy atom. The third-order valence-electron chi connectivity index (χ3n) is 4.05. The summed E-state index contributed by atoms with van der Waals surface area (Å²) in [6, 6.07) is 5.20. The van der Waals surface area contributed by atoms with Crippen LogP contribution in [0.5, 0.6) is 0 Å². The summed E-state index contributed by atoms with van der Waals surface area (Å²) >= 11 is 0. The van der Waals surface area contributed by atoms with Gasteiger partial charge in [0, 0.05) is 24.5 Å². The first-order valence-electron chi connectivity index (χ1n) is 7.29. The minimum Gasteiger partial charge on any atom is -0.309 e. The normalized spacial score (nSPS) is 21.0. The molecule has 7 nitrogen and oxygen atoms in total. The highest BCUT2D eigenvalue weighted by Crippen LogP contribution is 2.27. The van der Waals surface area contributed by atoms with E-state index < -0.39 is 0 Å². The predicted molar refractivity (Wildman–Crippen MR) is 83.0 cm³/mol. The number of hydrogen-bond acceptors (Lipinski definition) is 5. The fourth-order valence-electron chi connectivity index (χ4n) is 2.86. The van der Waals surface area contributed by atoms with E-state index >= 15 is 0 Å². The predicted octanol–water partition coefficient (Wildman–Crippen LogP) is 0.978. The van der Waals surface area contributed by atoms with Crippen molar-refractivity contribution in [3.63, 3.8) is 0 Å². The van der Waals surface area contributed by atoms with Crippen LogP contribution in [0.3, 0.4) is 0 Å². The summed E-state index contributed by atoms with van der Waals surface area (Å²) in [5, 5.41) is 7.25. The highest BCUT2D eigenvalue weighted by Gasteiger charge is 2.33. The Morgan fingerprint density at radius 1 is 1.36 bits per heavy atom. The maximum atomic E-state index is 12.3. The molecule has 7 heteroatoms. The van der Waals surface area contributed by atoms with Crippen LogP contribution in [-0.4, -0.2) is 26.7 Å². The topological polar surface area (TPSA) is 83.9 Å². The number of carbonyl (C=O) groups excluding carboxylic acids is 1. The maximum absolute atomic E-state index is 12.3. The smallest absolute Gasteiger partial charge is 0.244 e. The van der Waals surface area contributed by atoms with Gasteiger partial charge in [0.1, 0.15) is 11.9 Å². The quantitative estimate of drug-likeness (QED) is 0.787. The first-order valence-corrected chi connectivity index (χ1v) is 7.29. The molecule has 0 bridgehead atoms. The molecule has 3 rings (SSSR count). The van der Waals surface area contributed by atoms with Crippen molar-refractivity contribution in [1.82, 2.24) is 25.6 Å². The second kappa shape index (κ2) is 5.86. The average molecular weight is 300 g/mol. The molecule has 1 aliphatic rings. The molecule has 0 aromatic carbocycles. The summed E-state index contributed by atoms with van der Waals surface area (Å²) in [4.78, 5) is 16.4. The second-order valence-electron chi connectivity index (χ2n) is 5.54. The Labute approximate surface area is 129 Å². The van der Waals surface area contributed by atoms with E-state index in [9.17, 15) is 4.79 Å². The van der Waals surface area contributed by atoms with E-state index in [0.717, 1.165) is 17.0 Å². The molecule has 1 aliphatic heterocycles. The van der Waals surface area contributed by atoms with Gasteiger partial charge in [0.05, 0.1) is 11.7 Å². The summed E-state index contributed by atoms with van der Waals surface area (Å²) in [5.41, 5.74) is 9.52. The van der Waals surface area contributed by atoms with Gasteiger partial charge in [0.25, 0.3) is 0 Å². The van der Waals surface area contributed by atoms with Gasteiger partial charge < -0.3 is 5.32 Å². The van der Waals surface area contributed by atoms with Crippen molar-refractivity contribution in [3.8, 4) is 0 Å². The third-order valence-corrected chi connectivity index (χ3v) is 4.05. The lowest BCUT2D eigenvalue weighted by molar-refractivity contribution is -0.117. The van der Waals surface area contributed by atoms with Crippen LogP contribution in [0.15, 0.2) is 24.4 Å². The van der Waals surface area contributed by atoms with Crippen molar-refractivity contribution in [2.45, 2.75) is 32.4 Å². The first-order chi connectivity index (χ1) is 10.6. The number of amides is 1. The van der Waals surface area contributed by atoms with Gasteiger partial charge in [-0.2, -0.15) is 5.10 Å². The van der Waals surface area contributed by atoms with Crippen LogP contribution >= 0.6 is 0 Å². The molecule has 0 radical (unpaired) electrons. The van der Waals surface area contributed by atoms with Crippen LogP contribution in [0.2, 0.25) is 0 Å². The Morgan fingerprint density at radius 3 is 2.82 bits per heavy atom. The largest absolute Gasteiger partial charge is 0.309 e. The van der Waals surface area contributed by atoms with Crippen LogP contribution < -0.4 is 16.2 Å². The standard InChI is InChI=1S/C15H20N6O/c1-9-14(10(2)21(3)20-9)11-8-12(19-18-11)15(22)17-13-6-4-5-7-16-13/h4-7,11-12,18-19H,8H2,1-3H3,(H,16,17,22). The van der Waals surface area contributed by atoms with Gasteiger partial charge in [-0.05, 0) is 32.4 Å². The number of pyridine rings is 1. The molecule has 1 fully saturated rings. The van der Waals surface area contributed by atoms with Crippen molar-refractivity contribution in [2.75, 3.05) is 5.32 Å². The van der Waals surface area contributed by atoms with E-state index in [1.54, 1.807) is 12.3 Å². The van der Waals surface area contributed by atoms with Gasteiger partial charge in [-0.3, -0.25) is 9.48 Å². The second-order valence-corrected chi connectivity index (χ2v) is 5.54. The summed E-state index contributed by atoms with van der Waals surface area (Å²) in [6.45, 7) is 4.03. The zero-order valence-electron chi connectivity index (χ0n) is 12.9. The summed E-state index contributed by atoms with van der Waals surface area (Å²) in [6.07, 6.45) is 2.33. The van der Waals surface area contributed by atoms with Crippen LogP contribution in [-0.2, 0) is 11.8 Å². The molecular weight excluding hydrogens is 280 g/mol. The Kier molecular flexibility index (Phi) is 3.91. The number of carbonyl (C=O) groups is 1. The number of nitrogens with one attached hydrogen (secondary N) is 3. The zero-order chi connectivity index (χ0) is 15.7. The maximum Gasteiger partial charge on any atom is 0.244 e. The van der Waals surface area contributed by atoms with E-state index in [4.69, 9.17) is 0 Å². The van der Waals surface area contributed by atoms with Crippen LogP contribution in [0.1, 0.15) is 29.4 Å². The Bertz CT molecular complexity index is 681. The lowest BCUT2D eigenvalue weighted by Crippen LogP contribution is -2.39. The SMILES string of the molecule is Cc1nn(C)c(C)c1C1CC(C(=O)Nc2ccccn2)NN1. The fraction of sp³-hybridized carbons (Fsp3) is 0.400. The van der Waals surface area contributed by atoms with E-state index in [2.05, 4.69) is 26.3 Å². The minimum absolute atomic E-state index is 0.0770. The molecule has 0 aliphatic carbocycles. The first kappa shape index (κ1) is 14.7. The van der Waals surface area contributed by atoms with E-state index in [1.807, 2.05) is 37.7 Å². The molecule has 0 spiro atoms. The monoisotopic (exact) mass is 300 g/mol. The molecule has 1 saturated heterocycles. The Hall–Kier alpha value is -2.25. The lowest BCUT2D eigenvalue weighted by atomic mass is 10.00. The molecule has 2 aromatic heterocycles. The van der Waals surface area contributed by atoms with Gasteiger partial charge in [0.2, 0.25) is 5.91 Å². The number of anilines is 1. The van der Waals surface area contributed by atoms with Crippen molar-refractivity contribution in [1.29, 1.82) is 0 Å². The van der Waals surface area contributed by atoms with Crippen LogP contribution in [0.25, 0.3) is 0 Å². The number of nitrogens with zero attached hydrogens (tertiary/aromatic N) is 3. The van der Waals surface area contributed by atoms with Gasteiger partial charge in [-0.25, -0.2) is 15.8 Å². The molecule has 22 heavy (non-hydrogen) atoms. The molecule has 3 N–H and O–H groups in total. The van der Waals surface area contributed by atoms with Crippen LogP contribution in [0.4, 0.5) is 5.82 Å². The fourth-order valence-corrected chi connectivity index (χ4v) is 2.86. The summed E-state index contributed by atoms with van der Waals surface area (Å²) in [7, 11) is 1.93. The summed E-state index contributed by atoms with van der Waals surface area (Å²) < 4.78 is 1.87. The van der Waals surface area contributed by atoms with Crippen molar-refractivity contribution in [2.24, 2.45) is 7.05 Å². The highest BCUT2D eigenvalue weighted by atomic mass is 16.2. The van der Waals surface area contributed by atoms with E-state index in [0.29, 0.717) is 12.2 Å². The molecule has 3 heterocycles. The van der Waals surface area contributed by atoms with Gasteiger partial charge >= 0.3 is 0 Å². The van der Waals surface area contributed by atoms with E-state index in [1.165, 1.54) is 0 Å². The number of hydrogen-bond donors (Lipinski definition) is 3. The van der Waals surface area contributed by atoms with Crippen molar-refractivity contribution in [3.05, 3.63) is 41.3 Å². The number of rotatable bonds is 3. The van der Waals surface area contributed by atoms with E-state index in [-0.39, 0.29) is 18.0 Å². The minimum atomic E-state index is -0.300. The van der Waals surface area contributed by atoms with Gasteiger partial charge in [-0.15, -0.1) is 0 Å². The van der Waals surface area contributed by atoms with Gasteiger partial charge in [-0.1, -0.05) is 6.07 Å². The lowest BCUT2D eigenvalue weighted by Gasteiger charge is -2.10. The average Bonchev–Trinajstić information content (AvgIpc) is 3.06. The number of aryl methyl sites for hydroxylation is 2. The summed E-state index contributed by atoms with van der Waals surface area (Å²) in [5.74, 6) is 0.472. The molecule has 2 unspecified atom stereocenters. The third kappa shape index (κ3) is 2.72. The highest BCUT2D eigenvalue weighted by molar-refractivity contribution is 5.94. The molecule has 1 amide bonds. The number of aromatic nitrogens is 3. The Balaban J connectivity index is 1.68. The molecule has 116 valence electrons. The van der Waals surface area contributed by atoms with Crippen LogP contribution in [0, 0.1) is 13.8 Å². The van der Waals surface area contributed by atoms with Gasteiger partial charge in [0.15, 0.2) is 0 Å². The molecule has 2 aromatic rings. The van der Waals surface area contributed by atoms with Crippen molar-refractivity contribution < 1.29 is 4.79 Å².